The molecule has 0 aromatic heterocycles. The summed E-state index contributed by atoms with van der Waals surface area (Å²) in [5, 5.41) is 2.98. The van der Waals surface area contributed by atoms with Crippen LogP contribution in [0.25, 0.3) is 5.70 Å². The highest BCUT2D eigenvalue weighted by atomic mass is 16.5. The average Bonchev–Trinajstić information content (AvgIpc) is 2.55. The predicted octanol–water partition coefficient (Wildman–Crippen LogP) is 3.91. The van der Waals surface area contributed by atoms with Gasteiger partial charge in [0, 0.05) is 24.4 Å². The van der Waals surface area contributed by atoms with Gasteiger partial charge in [-0.3, -0.25) is 4.79 Å². The first-order valence-corrected chi connectivity index (χ1v) is 7.24. The third-order valence-corrected chi connectivity index (χ3v) is 2.31. The lowest BCUT2D eigenvalue weighted by Gasteiger charge is -2.11. The van der Waals surface area contributed by atoms with Crippen molar-refractivity contribution in [2.75, 3.05) is 21.3 Å². The maximum Gasteiger partial charge on any atom is 0.161 e. The van der Waals surface area contributed by atoms with Gasteiger partial charge >= 0.3 is 0 Å². The number of nitrogens with one attached hydrogen (secondary N) is 1. The Morgan fingerprint density at radius 3 is 1.95 bits per heavy atom. The molecule has 0 aliphatic carbocycles. The summed E-state index contributed by atoms with van der Waals surface area (Å²) in [7, 11) is 4.93. The minimum Gasteiger partial charge on any atom is -0.493 e. The first-order chi connectivity index (χ1) is 10.1. The highest BCUT2D eigenvalue weighted by Gasteiger charge is 2.07. The minimum atomic E-state index is -0.0101. The molecular weight excluding hydrogens is 266 g/mol. The van der Waals surface area contributed by atoms with Gasteiger partial charge in [0.15, 0.2) is 17.3 Å². The van der Waals surface area contributed by atoms with Crippen LogP contribution in [0.1, 0.15) is 40.2 Å². The smallest absolute Gasteiger partial charge is 0.161 e. The van der Waals surface area contributed by atoms with Crippen molar-refractivity contribution in [1.82, 2.24) is 5.32 Å². The van der Waals surface area contributed by atoms with Crippen LogP contribution in [0, 0.1) is 0 Å². The van der Waals surface area contributed by atoms with Gasteiger partial charge in [-0.25, -0.2) is 0 Å². The van der Waals surface area contributed by atoms with Gasteiger partial charge in [-0.15, -0.1) is 0 Å². The van der Waals surface area contributed by atoms with Gasteiger partial charge < -0.3 is 14.8 Å². The second-order valence-electron chi connectivity index (χ2n) is 3.49. The number of carbonyl (C=O) groups is 1. The molecule has 120 valence electrons. The molecule has 1 aromatic carbocycles. The molecule has 0 saturated carbocycles. The monoisotopic (exact) mass is 295 g/mol. The van der Waals surface area contributed by atoms with Gasteiger partial charge in [0.25, 0.3) is 0 Å². The minimum absolute atomic E-state index is 0.0101. The van der Waals surface area contributed by atoms with Gasteiger partial charge in [0.05, 0.1) is 14.2 Å². The van der Waals surface area contributed by atoms with E-state index in [4.69, 9.17) is 9.47 Å². The highest BCUT2D eigenvalue weighted by Crippen LogP contribution is 2.29. The Bertz CT molecular complexity index is 440. The number of ketones is 1. The number of allylic oxidation sites excluding steroid dienone is 1. The van der Waals surface area contributed by atoms with Gasteiger partial charge in [-0.2, -0.15) is 0 Å². The molecule has 1 rings (SSSR count). The zero-order chi connectivity index (χ0) is 16.8. The van der Waals surface area contributed by atoms with Crippen molar-refractivity contribution in [3.8, 4) is 11.5 Å². The molecule has 0 bridgehead atoms. The van der Waals surface area contributed by atoms with E-state index < -0.39 is 0 Å². The fourth-order valence-electron chi connectivity index (χ4n) is 1.51. The molecule has 0 fully saturated rings. The number of rotatable bonds is 5. The van der Waals surface area contributed by atoms with Crippen molar-refractivity contribution in [2.24, 2.45) is 0 Å². The second-order valence-corrected chi connectivity index (χ2v) is 3.49. The Balaban J connectivity index is 0. The molecule has 4 heteroatoms. The summed E-state index contributed by atoms with van der Waals surface area (Å²) in [6, 6.07) is 5.50. The number of ether oxygens (including phenoxy) is 2. The average molecular weight is 295 g/mol. The quantitative estimate of drug-likeness (QED) is 0.837. The van der Waals surface area contributed by atoms with Crippen LogP contribution in [-0.2, 0) is 4.79 Å². The Morgan fingerprint density at radius 2 is 1.57 bits per heavy atom. The lowest BCUT2D eigenvalue weighted by atomic mass is 10.1. The van der Waals surface area contributed by atoms with E-state index in [1.807, 2.05) is 39.8 Å². The summed E-state index contributed by atoms with van der Waals surface area (Å²) in [6.45, 7) is 9.51. The van der Waals surface area contributed by atoms with E-state index in [9.17, 15) is 4.79 Å². The summed E-state index contributed by atoms with van der Waals surface area (Å²) in [5.41, 5.74) is 1.62. The molecular formula is C17H29NO3. The van der Waals surface area contributed by atoms with E-state index in [-0.39, 0.29) is 5.78 Å². The molecule has 21 heavy (non-hydrogen) atoms. The zero-order valence-electron chi connectivity index (χ0n) is 14.5. The van der Waals surface area contributed by atoms with Crippen molar-refractivity contribution >= 4 is 11.5 Å². The van der Waals surface area contributed by atoms with E-state index in [1.165, 1.54) is 6.92 Å². The van der Waals surface area contributed by atoms with E-state index in [0.717, 1.165) is 11.3 Å². The largest absolute Gasteiger partial charge is 0.493 e. The molecule has 1 aromatic rings. The summed E-state index contributed by atoms with van der Waals surface area (Å²) in [6.07, 6.45) is 1.54. The van der Waals surface area contributed by atoms with E-state index in [1.54, 1.807) is 33.4 Å². The summed E-state index contributed by atoms with van der Waals surface area (Å²) in [5.74, 6) is 1.29. The molecule has 0 amide bonds. The number of hydrogen-bond donors (Lipinski definition) is 1. The summed E-state index contributed by atoms with van der Waals surface area (Å²) in [4.78, 5) is 11.1. The fourth-order valence-corrected chi connectivity index (χ4v) is 1.51. The molecule has 4 nitrogen and oxygen atoms in total. The lowest BCUT2D eigenvalue weighted by molar-refractivity contribution is -0.112. The van der Waals surface area contributed by atoms with E-state index >= 15 is 0 Å². The standard InChI is InChI=1S/C13H17NO3.2C2H6/c1-9(15)7-11(14-2)10-5-6-12(16-3)13(8-10)17-4;2*1-2/h5-8,14H,1-4H3;2*1-2H3/b11-7-;;. The topological polar surface area (TPSA) is 47.6 Å². The van der Waals surface area contributed by atoms with Gasteiger partial charge in [0.1, 0.15) is 0 Å². The molecule has 0 saturated heterocycles. The van der Waals surface area contributed by atoms with Gasteiger partial charge in [-0.1, -0.05) is 27.7 Å². The third-order valence-electron chi connectivity index (χ3n) is 2.31. The molecule has 0 radical (unpaired) electrons. The van der Waals surface area contributed by atoms with Crippen LogP contribution in [0.3, 0.4) is 0 Å². The Labute approximate surface area is 129 Å². The first-order valence-electron chi connectivity index (χ1n) is 7.24. The second kappa shape index (κ2) is 13.0. The van der Waals surface area contributed by atoms with Crippen LogP contribution < -0.4 is 14.8 Å². The van der Waals surface area contributed by atoms with Crippen molar-refractivity contribution in [3.05, 3.63) is 29.8 Å². The maximum absolute atomic E-state index is 11.1. The van der Waals surface area contributed by atoms with Gasteiger partial charge in [-0.05, 0) is 25.1 Å². The number of methoxy groups -OCH3 is 2. The molecule has 0 aliphatic rings. The Morgan fingerprint density at radius 1 is 1.05 bits per heavy atom. The van der Waals surface area contributed by atoms with E-state index in [2.05, 4.69) is 5.32 Å². The SMILES string of the molecule is CC.CC.CN/C(=C\C(C)=O)c1ccc(OC)c(OC)c1. The molecule has 0 unspecified atom stereocenters. The maximum atomic E-state index is 11.1. The summed E-state index contributed by atoms with van der Waals surface area (Å²) >= 11 is 0. The van der Waals surface area contributed by atoms with Crippen molar-refractivity contribution in [3.63, 3.8) is 0 Å². The molecule has 0 aliphatic heterocycles. The normalized spacial score (nSPS) is 9.43. The Kier molecular flexibility index (Phi) is 13.2. The molecule has 0 spiro atoms. The van der Waals surface area contributed by atoms with Gasteiger partial charge in [0.2, 0.25) is 0 Å². The predicted molar refractivity (Wildman–Crippen MR) is 90.0 cm³/mol. The fraction of sp³-hybridized carbons (Fsp3) is 0.471. The number of carbonyl (C=O) groups excluding carboxylic acids is 1. The van der Waals surface area contributed by atoms with Crippen LogP contribution in [0.15, 0.2) is 24.3 Å². The molecule has 0 heterocycles. The van der Waals surface area contributed by atoms with Crippen LogP contribution >= 0.6 is 0 Å². The Hall–Kier alpha value is -1.97. The number of hydrogen-bond acceptors (Lipinski definition) is 4. The van der Waals surface area contributed by atoms with Crippen molar-refractivity contribution in [2.45, 2.75) is 34.6 Å². The summed E-state index contributed by atoms with van der Waals surface area (Å²) < 4.78 is 10.4. The lowest BCUT2D eigenvalue weighted by Crippen LogP contribution is -2.06. The zero-order valence-corrected chi connectivity index (χ0v) is 14.5. The van der Waals surface area contributed by atoms with E-state index in [0.29, 0.717) is 11.5 Å². The molecule has 1 N–H and O–H groups in total. The first kappa shape index (κ1) is 21.3. The van der Waals surface area contributed by atoms with Crippen LogP contribution in [0.5, 0.6) is 11.5 Å². The van der Waals surface area contributed by atoms with Crippen LogP contribution in [-0.4, -0.2) is 27.1 Å². The third kappa shape index (κ3) is 7.40. The highest BCUT2D eigenvalue weighted by molar-refractivity contribution is 5.94. The molecule has 0 atom stereocenters. The van der Waals surface area contributed by atoms with Crippen molar-refractivity contribution < 1.29 is 14.3 Å². The van der Waals surface area contributed by atoms with Crippen LogP contribution in [0.4, 0.5) is 0 Å². The number of benzene rings is 1. The van der Waals surface area contributed by atoms with Crippen LogP contribution in [0.2, 0.25) is 0 Å². The van der Waals surface area contributed by atoms with Crippen molar-refractivity contribution in [1.29, 1.82) is 0 Å².